The number of rotatable bonds is 9. The lowest BCUT2D eigenvalue weighted by molar-refractivity contribution is -0.113. The van der Waals surface area contributed by atoms with Crippen molar-refractivity contribution in [3.63, 3.8) is 0 Å². The van der Waals surface area contributed by atoms with Gasteiger partial charge in [0.25, 0.3) is 0 Å². The third kappa shape index (κ3) is 6.21. The zero-order valence-electron chi connectivity index (χ0n) is 19.8. The average molecular weight is 519 g/mol. The molecule has 11 heteroatoms. The number of nitrogens with zero attached hydrogens (tertiary/aromatic N) is 3. The molecule has 8 nitrogen and oxygen atoms in total. The van der Waals surface area contributed by atoms with Crippen molar-refractivity contribution in [1.82, 2.24) is 14.8 Å². The van der Waals surface area contributed by atoms with Crippen LogP contribution in [0.1, 0.15) is 53.3 Å². The fraction of sp³-hybridized carbons (Fsp3) is 0.417. The molecule has 4 rings (SSSR count). The fourth-order valence-electron chi connectivity index (χ4n) is 3.71. The van der Waals surface area contributed by atoms with Crippen molar-refractivity contribution in [2.24, 2.45) is 7.05 Å². The molecule has 0 saturated carbocycles. The van der Waals surface area contributed by atoms with E-state index < -0.39 is 0 Å². The molecular formula is C24H27FN4O4S2. The predicted octanol–water partition coefficient (Wildman–Crippen LogP) is 4.77. The number of thiophene rings is 1. The number of esters is 1. The summed E-state index contributed by atoms with van der Waals surface area (Å²) in [5.41, 5.74) is 1.50. The van der Waals surface area contributed by atoms with Crippen LogP contribution in [0.15, 0.2) is 29.4 Å². The number of nitrogens with one attached hydrogen (secondary N) is 1. The molecule has 1 aliphatic rings. The van der Waals surface area contributed by atoms with Crippen LogP contribution < -0.4 is 10.1 Å². The van der Waals surface area contributed by atoms with Crippen LogP contribution >= 0.6 is 23.1 Å². The topological polar surface area (TPSA) is 95.3 Å². The monoisotopic (exact) mass is 518 g/mol. The molecule has 3 aromatic rings. The van der Waals surface area contributed by atoms with Crippen LogP contribution in [0.2, 0.25) is 0 Å². The molecule has 1 N–H and O–H groups in total. The molecule has 2 aromatic heterocycles. The number of amides is 1. The third-order valence-electron chi connectivity index (χ3n) is 5.41. The van der Waals surface area contributed by atoms with Gasteiger partial charge in [-0.15, -0.1) is 21.5 Å². The summed E-state index contributed by atoms with van der Waals surface area (Å²) in [4.78, 5) is 26.7. The van der Waals surface area contributed by atoms with Gasteiger partial charge in [0.15, 0.2) is 11.0 Å². The molecule has 1 aromatic carbocycles. The number of benzene rings is 1. The first-order valence-electron chi connectivity index (χ1n) is 11.4. The molecule has 1 amide bonds. The fourth-order valence-corrected chi connectivity index (χ4v) is 5.73. The molecule has 35 heavy (non-hydrogen) atoms. The summed E-state index contributed by atoms with van der Waals surface area (Å²) in [5, 5.41) is 12.3. The minimum Gasteiger partial charge on any atom is -0.486 e. The molecule has 0 radical (unpaired) electrons. The maximum absolute atomic E-state index is 13.0. The lowest BCUT2D eigenvalue weighted by Crippen LogP contribution is -2.19. The van der Waals surface area contributed by atoms with E-state index in [0.717, 1.165) is 36.1 Å². The molecule has 2 heterocycles. The molecule has 0 saturated heterocycles. The van der Waals surface area contributed by atoms with E-state index in [-0.39, 0.29) is 36.2 Å². The summed E-state index contributed by atoms with van der Waals surface area (Å²) >= 11 is 2.70. The van der Waals surface area contributed by atoms with E-state index in [0.29, 0.717) is 27.3 Å². The first-order chi connectivity index (χ1) is 16.8. The summed E-state index contributed by atoms with van der Waals surface area (Å²) in [7, 11) is 1.79. The average Bonchev–Trinajstić information content (AvgIpc) is 3.36. The highest BCUT2D eigenvalue weighted by Crippen LogP contribution is 2.39. The number of thioether (sulfide) groups is 1. The van der Waals surface area contributed by atoms with Gasteiger partial charge < -0.3 is 19.4 Å². The maximum atomic E-state index is 13.0. The minimum atomic E-state index is -0.388. The molecule has 0 aliphatic heterocycles. The molecular weight excluding hydrogens is 491 g/mol. The summed E-state index contributed by atoms with van der Waals surface area (Å²) in [5.74, 6) is 0.238. The zero-order chi connectivity index (χ0) is 24.9. The van der Waals surface area contributed by atoms with E-state index in [1.54, 1.807) is 23.7 Å². The molecule has 0 fully saturated rings. The van der Waals surface area contributed by atoms with Gasteiger partial charge in [0, 0.05) is 11.9 Å². The number of aromatic nitrogens is 3. The molecule has 0 spiro atoms. The summed E-state index contributed by atoms with van der Waals surface area (Å²) < 4.78 is 25.9. The number of hydrogen-bond donors (Lipinski definition) is 1. The Balaban J connectivity index is 1.38. The van der Waals surface area contributed by atoms with Gasteiger partial charge in [0.05, 0.1) is 17.4 Å². The smallest absolute Gasteiger partial charge is 0.341 e. The van der Waals surface area contributed by atoms with Crippen LogP contribution in [0.4, 0.5) is 9.39 Å². The van der Waals surface area contributed by atoms with Gasteiger partial charge in [0.1, 0.15) is 23.2 Å². The van der Waals surface area contributed by atoms with Crippen molar-refractivity contribution in [2.45, 2.75) is 57.4 Å². The Morgan fingerprint density at radius 1 is 1.20 bits per heavy atom. The van der Waals surface area contributed by atoms with Gasteiger partial charge >= 0.3 is 5.97 Å². The number of halogens is 1. The number of carbonyl (C=O) groups excluding carboxylic acids is 2. The minimum absolute atomic E-state index is 0.103. The Kier molecular flexibility index (Phi) is 8.07. The van der Waals surface area contributed by atoms with Crippen LogP contribution in [0.5, 0.6) is 5.75 Å². The van der Waals surface area contributed by atoms with E-state index in [4.69, 9.17) is 9.47 Å². The molecule has 1 aliphatic carbocycles. The van der Waals surface area contributed by atoms with Gasteiger partial charge in [-0.25, -0.2) is 9.18 Å². The van der Waals surface area contributed by atoms with E-state index >= 15 is 0 Å². The first-order valence-corrected chi connectivity index (χ1v) is 13.2. The summed E-state index contributed by atoms with van der Waals surface area (Å²) in [6.45, 7) is 3.78. The summed E-state index contributed by atoms with van der Waals surface area (Å²) in [6.07, 6.45) is 3.59. The second kappa shape index (κ2) is 11.2. The number of aryl methyl sites for hydroxylation is 1. The highest BCUT2D eigenvalue weighted by Gasteiger charge is 2.28. The highest BCUT2D eigenvalue weighted by molar-refractivity contribution is 7.99. The van der Waals surface area contributed by atoms with Crippen LogP contribution in [0, 0.1) is 5.82 Å². The highest BCUT2D eigenvalue weighted by atomic mass is 32.2. The number of anilines is 1. The van der Waals surface area contributed by atoms with E-state index in [9.17, 15) is 14.0 Å². The number of hydrogen-bond acceptors (Lipinski definition) is 8. The molecule has 0 unspecified atom stereocenters. The van der Waals surface area contributed by atoms with Crippen LogP contribution in [-0.4, -0.2) is 38.5 Å². The van der Waals surface area contributed by atoms with Crippen molar-refractivity contribution >= 4 is 40.0 Å². The molecule has 0 atom stereocenters. The summed E-state index contributed by atoms with van der Waals surface area (Å²) in [6, 6.07) is 5.73. The number of ether oxygens (including phenoxy) is 2. The molecule has 0 bridgehead atoms. The van der Waals surface area contributed by atoms with Crippen molar-refractivity contribution in [3.8, 4) is 5.75 Å². The first kappa shape index (κ1) is 25.2. The number of fused-ring (bicyclic) bond motifs is 1. The van der Waals surface area contributed by atoms with Crippen LogP contribution in [-0.2, 0) is 36.0 Å². The number of carbonyl (C=O) groups is 2. The van der Waals surface area contributed by atoms with Crippen molar-refractivity contribution < 1.29 is 23.5 Å². The normalized spacial score (nSPS) is 12.9. The third-order valence-corrected chi connectivity index (χ3v) is 7.64. The van der Waals surface area contributed by atoms with Gasteiger partial charge in [-0.1, -0.05) is 11.8 Å². The van der Waals surface area contributed by atoms with Gasteiger partial charge in [-0.05, 0) is 69.4 Å². The Morgan fingerprint density at radius 2 is 1.94 bits per heavy atom. The lowest BCUT2D eigenvalue weighted by atomic mass is 9.95. The standard InChI is InChI=1S/C24H27FN4O4S2/c1-14(2)33-23(31)21-17-6-4-5-7-18(17)35-22(21)26-20(30)13-34-24-28-27-19(29(24)3)12-32-16-10-8-15(25)9-11-16/h8-11,14H,4-7,12-13H2,1-3H3,(H,26,30). The zero-order valence-corrected chi connectivity index (χ0v) is 21.4. The quantitative estimate of drug-likeness (QED) is 0.322. The van der Waals surface area contributed by atoms with E-state index in [1.165, 1.54) is 35.2 Å². The Hall–Kier alpha value is -2.92. The maximum Gasteiger partial charge on any atom is 0.341 e. The Labute approximate surface area is 211 Å². The molecule has 186 valence electrons. The second-order valence-electron chi connectivity index (χ2n) is 8.41. The van der Waals surface area contributed by atoms with Gasteiger partial charge in [-0.3, -0.25) is 4.79 Å². The lowest BCUT2D eigenvalue weighted by Gasteiger charge is -2.14. The van der Waals surface area contributed by atoms with Crippen molar-refractivity contribution in [3.05, 3.63) is 51.9 Å². The van der Waals surface area contributed by atoms with Crippen LogP contribution in [0.3, 0.4) is 0 Å². The Morgan fingerprint density at radius 3 is 2.69 bits per heavy atom. The SMILES string of the molecule is CC(C)OC(=O)c1c(NC(=O)CSc2nnc(COc3ccc(F)cc3)n2C)sc2c1CCCC2. The Bertz CT molecular complexity index is 1210. The second-order valence-corrected chi connectivity index (χ2v) is 10.5. The van der Waals surface area contributed by atoms with Gasteiger partial charge in [0.2, 0.25) is 5.91 Å². The van der Waals surface area contributed by atoms with Gasteiger partial charge in [-0.2, -0.15) is 0 Å². The van der Waals surface area contributed by atoms with E-state index in [1.807, 2.05) is 13.8 Å². The van der Waals surface area contributed by atoms with E-state index in [2.05, 4.69) is 15.5 Å². The van der Waals surface area contributed by atoms with Crippen LogP contribution in [0.25, 0.3) is 0 Å². The largest absolute Gasteiger partial charge is 0.486 e. The predicted molar refractivity (Wildman–Crippen MR) is 133 cm³/mol. The van der Waals surface area contributed by atoms with Crippen molar-refractivity contribution in [2.75, 3.05) is 11.1 Å². The van der Waals surface area contributed by atoms with Crippen molar-refractivity contribution in [1.29, 1.82) is 0 Å².